The molecule has 0 saturated heterocycles. The van der Waals surface area contributed by atoms with Crippen molar-refractivity contribution in [3.8, 4) is 11.4 Å². The van der Waals surface area contributed by atoms with Crippen molar-refractivity contribution in [1.29, 1.82) is 0 Å². The fourth-order valence-electron chi connectivity index (χ4n) is 4.67. The first-order valence-corrected chi connectivity index (χ1v) is 11.9. The summed E-state index contributed by atoms with van der Waals surface area (Å²) in [6, 6.07) is 16.8. The van der Waals surface area contributed by atoms with Crippen LogP contribution in [0.3, 0.4) is 0 Å². The van der Waals surface area contributed by atoms with E-state index in [0.29, 0.717) is 39.3 Å². The van der Waals surface area contributed by atoms with E-state index in [2.05, 4.69) is 59.5 Å². The Kier molecular flexibility index (Phi) is 7.67. The molecule has 1 aromatic heterocycles. The van der Waals surface area contributed by atoms with Crippen molar-refractivity contribution < 1.29 is 4.52 Å². The summed E-state index contributed by atoms with van der Waals surface area (Å²) in [5, 5.41) is 5.02. The van der Waals surface area contributed by atoms with Crippen LogP contribution in [0.15, 0.2) is 58.6 Å². The summed E-state index contributed by atoms with van der Waals surface area (Å²) < 4.78 is 5.47. The molecule has 0 aliphatic heterocycles. The fourth-order valence-corrected chi connectivity index (χ4v) is 5.05. The van der Waals surface area contributed by atoms with Crippen LogP contribution in [0.4, 0.5) is 0 Å². The third-order valence-electron chi connectivity index (χ3n) is 6.41. The normalized spacial score (nSPS) is 17.5. The number of nitrogens with zero attached hydrogens (tertiary/aromatic N) is 3. The average Bonchev–Trinajstić information content (AvgIpc) is 3.25. The predicted molar refractivity (Wildman–Crippen MR) is 132 cm³/mol. The van der Waals surface area contributed by atoms with Crippen LogP contribution in [0.2, 0.25) is 10.0 Å². The monoisotopic (exact) mass is 469 g/mol. The van der Waals surface area contributed by atoms with E-state index < -0.39 is 0 Å². The molecule has 0 amide bonds. The lowest BCUT2D eigenvalue weighted by molar-refractivity contribution is 0.172. The van der Waals surface area contributed by atoms with E-state index >= 15 is 0 Å². The Morgan fingerprint density at radius 2 is 1.81 bits per heavy atom. The van der Waals surface area contributed by atoms with Gasteiger partial charge in [0.15, 0.2) is 0 Å². The Bertz CT molecular complexity index is 1050. The zero-order chi connectivity index (χ0) is 22.5. The van der Waals surface area contributed by atoms with Gasteiger partial charge < -0.3 is 9.42 Å². The Morgan fingerprint density at radius 1 is 1.06 bits per heavy atom. The lowest BCUT2D eigenvalue weighted by Crippen LogP contribution is -2.37. The lowest BCUT2D eigenvalue weighted by Gasteiger charge is -2.35. The summed E-state index contributed by atoms with van der Waals surface area (Å²) >= 11 is 12.4. The summed E-state index contributed by atoms with van der Waals surface area (Å²) in [5.74, 6) is 1.69. The molecular formula is C26H29Cl2N3O. The molecule has 0 bridgehead atoms. The summed E-state index contributed by atoms with van der Waals surface area (Å²) in [7, 11) is 4.42. The molecule has 2 aromatic carbocycles. The third-order valence-corrected chi connectivity index (χ3v) is 7.23. The highest BCUT2D eigenvalue weighted by molar-refractivity contribution is 6.43. The first-order chi connectivity index (χ1) is 15.5. The molecule has 0 spiro atoms. The summed E-state index contributed by atoms with van der Waals surface area (Å²) in [6.45, 7) is 0. The van der Waals surface area contributed by atoms with Crippen LogP contribution in [0.5, 0.6) is 0 Å². The van der Waals surface area contributed by atoms with E-state index in [1.165, 1.54) is 30.4 Å². The van der Waals surface area contributed by atoms with Crippen LogP contribution in [-0.2, 0) is 6.42 Å². The van der Waals surface area contributed by atoms with Crippen molar-refractivity contribution in [2.75, 3.05) is 14.1 Å². The number of hydrogen-bond acceptors (Lipinski definition) is 4. The molecule has 1 unspecified atom stereocenters. The van der Waals surface area contributed by atoms with Gasteiger partial charge in [0, 0.05) is 17.7 Å². The first-order valence-electron chi connectivity index (χ1n) is 11.2. The number of rotatable bonds is 7. The van der Waals surface area contributed by atoms with Gasteiger partial charge in [-0.3, -0.25) is 0 Å². The fraction of sp³-hybridized carbons (Fsp3) is 0.385. The van der Waals surface area contributed by atoms with Crippen LogP contribution >= 0.6 is 23.2 Å². The molecule has 32 heavy (non-hydrogen) atoms. The number of halogens is 2. The van der Waals surface area contributed by atoms with Gasteiger partial charge in [0.1, 0.15) is 0 Å². The molecule has 1 saturated carbocycles. The van der Waals surface area contributed by atoms with Gasteiger partial charge in [0.25, 0.3) is 5.89 Å². The van der Waals surface area contributed by atoms with Crippen molar-refractivity contribution in [2.45, 2.75) is 44.6 Å². The van der Waals surface area contributed by atoms with E-state index in [4.69, 9.17) is 27.7 Å². The average molecular weight is 470 g/mol. The van der Waals surface area contributed by atoms with Crippen LogP contribution in [0.25, 0.3) is 17.5 Å². The van der Waals surface area contributed by atoms with Gasteiger partial charge in [-0.25, -0.2) is 0 Å². The van der Waals surface area contributed by atoms with Crippen molar-refractivity contribution >= 4 is 29.3 Å². The second kappa shape index (κ2) is 10.7. The number of benzene rings is 2. The van der Waals surface area contributed by atoms with Gasteiger partial charge in [0.05, 0.1) is 10.0 Å². The maximum Gasteiger partial charge on any atom is 0.250 e. The SMILES string of the molecule is CN(C)C(CCc1ccccc1)C1CCC(=Cc2nc(-c3cccc(Cl)c3Cl)no2)CC1. The Labute approximate surface area is 200 Å². The number of aryl methyl sites for hydroxylation is 1. The molecule has 0 N–H and O–H groups in total. The molecule has 4 nitrogen and oxygen atoms in total. The van der Waals surface area contributed by atoms with Gasteiger partial charge in [-0.15, -0.1) is 0 Å². The molecule has 1 aliphatic carbocycles. The van der Waals surface area contributed by atoms with Gasteiger partial charge in [-0.2, -0.15) is 4.98 Å². The quantitative estimate of drug-likeness (QED) is 0.367. The number of aromatic nitrogens is 2. The first kappa shape index (κ1) is 23.0. The highest BCUT2D eigenvalue weighted by Gasteiger charge is 2.27. The van der Waals surface area contributed by atoms with Gasteiger partial charge in [-0.05, 0) is 76.2 Å². The van der Waals surface area contributed by atoms with Crippen LogP contribution in [0.1, 0.15) is 43.6 Å². The molecular weight excluding hydrogens is 441 g/mol. The Morgan fingerprint density at radius 3 is 2.53 bits per heavy atom. The van der Waals surface area contributed by atoms with E-state index in [9.17, 15) is 0 Å². The minimum Gasteiger partial charge on any atom is -0.334 e. The zero-order valence-electron chi connectivity index (χ0n) is 18.6. The highest BCUT2D eigenvalue weighted by atomic mass is 35.5. The van der Waals surface area contributed by atoms with Crippen molar-refractivity contribution in [2.24, 2.45) is 5.92 Å². The molecule has 0 radical (unpaired) electrons. The summed E-state index contributed by atoms with van der Waals surface area (Å²) in [4.78, 5) is 6.92. The topological polar surface area (TPSA) is 42.2 Å². The molecule has 1 aliphatic rings. The zero-order valence-corrected chi connectivity index (χ0v) is 20.1. The van der Waals surface area contributed by atoms with Crippen LogP contribution < -0.4 is 0 Å². The standard InChI is InChI=1S/C26H29Cl2N3O/c1-31(2)23(16-13-18-7-4-3-5-8-18)20-14-11-19(12-15-20)17-24-29-26(30-32-24)21-9-6-10-22(27)25(21)28/h3-10,17,20,23H,11-16H2,1-2H3. The van der Waals surface area contributed by atoms with Gasteiger partial charge in [-0.1, -0.05) is 70.3 Å². The maximum atomic E-state index is 6.29. The lowest BCUT2D eigenvalue weighted by atomic mass is 9.79. The highest BCUT2D eigenvalue weighted by Crippen LogP contribution is 2.35. The molecule has 168 valence electrons. The second-order valence-corrected chi connectivity index (χ2v) is 9.54. The van der Waals surface area contributed by atoms with E-state index in [-0.39, 0.29) is 0 Å². The third kappa shape index (κ3) is 5.61. The Hall–Kier alpha value is -2.14. The van der Waals surface area contributed by atoms with Gasteiger partial charge >= 0.3 is 0 Å². The number of hydrogen-bond donors (Lipinski definition) is 0. The molecule has 1 heterocycles. The van der Waals surface area contributed by atoms with Gasteiger partial charge in [0.2, 0.25) is 5.82 Å². The molecule has 1 fully saturated rings. The largest absolute Gasteiger partial charge is 0.334 e. The van der Waals surface area contributed by atoms with Crippen LogP contribution in [0, 0.1) is 5.92 Å². The minimum absolute atomic E-state index is 0.444. The summed E-state index contributed by atoms with van der Waals surface area (Å²) in [5.41, 5.74) is 3.47. The smallest absolute Gasteiger partial charge is 0.250 e. The molecule has 3 aromatic rings. The van der Waals surface area contributed by atoms with E-state index in [1.807, 2.05) is 18.2 Å². The van der Waals surface area contributed by atoms with Crippen molar-refractivity contribution in [3.05, 3.63) is 75.6 Å². The van der Waals surface area contributed by atoms with Crippen LogP contribution in [-0.4, -0.2) is 35.2 Å². The summed E-state index contributed by atoms with van der Waals surface area (Å²) in [6.07, 6.45) is 8.86. The maximum absolute atomic E-state index is 6.29. The molecule has 1 atom stereocenters. The van der Waals surface area contributed by atoms with Crippen molar-refractivity contribution in [1.82, 2.24) is 15.0 Å². The second-order valence-electron chi connectivity index (χ2n) is 8.75. The van der Waals surface area contributed by atoms with Crippen molar-refractivity contribution in [3.63, 3.8) is 0 Å². The van der Waals surface area contributed by atoms with E-state index in [1.54, 1.807) is 6.07 Å². The minimum atomic E-state index is 0.444. The van der Waals surface area contributed by atoms with E-state index in [0.717, 1.165) is 19.3 Å². The number of allylic oxidation sites excluding steroid dienone is 1. The predicted octanol–water partition coefficient (Wildman–Crippen LogP) is 7.18. The molecule has 4 rings (SSSR count). The Balaban J connectivity index is 1.37. The molecule has 6 heteroatoms.